The number of rotatable bonds is 7. The highest BCUT2D eigenvalue weighted by Crippen LogP contribution is 2.13. The summed E-state index contributed by atoms with van der Waals surface area (Å²) in [5.41, 5.74) is 1.86. The van der Waals surface area contributed by atoms with E-state index in [1.54, 1.807) is 12.1 Å². The maximum atomic E-state index is 13.3. The highest BCUT2D eigenvalue weighted by molar-refractivity contribution is 5.78. The molecule has 0 aromatic heterocycles. The Balaban J connectivity index is 1.87. The maximum Gasteiger partial charge on any atom is 0.224 e. The third-order valence-corrected chi connectivity index (χ3v) is 3.37. The van der Waals surface area contributed by atoms with Gasteiger partial charge in [0.25, 0.3) is 0 Å². The number of hydrogen-bond donors (Lipinski definition) is 2. The van der Waals surface area contributed by atoms with Crippen LogP contribution in [0.2, 0.25) is 0 Å². The van der Waals surface area contributed by atoms with Gasteiger partial charge in [0, 0.05) is 12.1 Å². The SMILES string of the molecule is CCOc1ccc(CC(=O)NCc2ccc(F)c(CO)c2)cc1. The summed E-state index contributed by atoms with van der Waals surface area (Å²) in [4.78, 5) is 12.0. The zero-order chi connectivity index (χ0) is 16.7. The van der Waals surface area contributed by atoms with E-state index in [1.807, 2.05) is 31.2 Å². The third-order valence-electron chi connectivity index (χ3n) is 3.37. The van der Waals surface area contributed by atoms with Crippen LogP contribution < -0.4 is 10.1 Å². The second-order valence-corrected chi connectivity index (χ2v) is 5.11. The molecule has 0 fully saturated rings. The van der Waals surface area contributed by atoms with Crippen molar-refractivity contribution in [3.8, 4) is 5.75 Å². The first kappa shape index (κ1) is 17.0. The van der Waals surface area contributed by atoms with Crippen LogP contribution in [0.4, 0.5) is 4.39 Å². The van der Waals surface area contributed by atoms with E-state index < -0.39 is 5.82 Å². The van der Waals surface area contributed by atoms with Crippen molar-refractivity contribution in [2.45, 2.75) is 26.5 Å². The second kappa shape index (κ2) is 8.29. The number of benzene rings is 2. The minimum Gasteiger partial charge on any atom is -0.494 e. The quantitative estimate of drug-likeness (QED) is 0.825. The predicted octanol–water partition coefficient (Wildman–Crippen LogP) is 2.58. The molecule has 0 spiro atoms. The molecule has 0 bridgehead atoms. The Morgan fingerprint density at radius 3 is 2.52 bits per heavy atom. The van der Waals surface area contributed by atoms with Gasteiger partial charge >= 0.3 is 0 Å². The van der Waals surface area contributed by atoms with Crippen LogP contribution in [0.25, 0.3) is 0 Å². The van der Waals surface area contributed by atoms with Crippen LogP contribution in [0.5, 0.6) is 5.75 Å². The molecule has 0 radical (unpaired) electrons. The lowest BCUT2D eigenvalue weighted by molar-refractivity contribution is -0.120. The van der Waals surface area contributed by atoms with Gasteiger partial charge in [0.1, 0.15) is 11.6 Å². The van der Waals surface area contributed by atoms with Gasteiger partial charge in [0.05, 0.1) is 19.6 Å². The summed E-state index contributed by atoms with van der Waals surface area (Å²) < 4.78 is 18.6. The van der Waals surface area contributed by atoms with Crippen LogP contribution in [0.15, 0.2) is 42.5 Å². The molecule has 5 heteroatoms. The Labute approximate surface area is 134 Å². The van der Waals surface area contributed by atoms with Crippen LogP contribution in [0.3, 0.4) is 0 Å². The van der Waals surface area contributed by atoms with Crippen molar-refractivity contribution >= 4 is 5.91 Å². The largest absolute Gasteiger partial charge is 0.494 e. The molecule has 0 aliphatic carbocycles. The van der Waals surface area contributed by atoms with Gasteiger partial charge in [-0.15, -0.1) is 0 Å². The molecular weight excluding hydrogens is 297 g/mol. The molecule has 0 heterocycles. The van der Waals surface area contributed by atoms with E-state index in [0.29, 0.717) is 13.2 Å². The van der Waals surface area contributed by atoms with E-state index in [-0.39, 0.29) is 24.5 Å². The fraction of sp³-hybridized carbons (Fsp3) is 0.278. The number of nitrogens with one attached hydrogen (secondary N) is 1. The van der Waals surface area contributed by atoms with Crippen LogP contribution in [0.1, 0.15) is 23.6 Å². The maximum absolute atomic E-state index is 13.3. The number of carbonyl (C=O) groups is 1. The number of aliphatic hydroxyl groups is 1. The predicted molar refractivity (Wildman–Crippen MR) is 85.5 cm³/mol. The monoisotopic (exact) mass is 317 g/mol. The van der Waals surface area contributed by atoms with E-state index in [1.165, 1.54) is 6.07 Å². The van der Waals surface area contributed by atoms with Crippen LogP contribution in [-0.4, -0.2) is 17.6 Å². The molecule has 4 nitrogen and oxygen atoms in total. The summed E-state index contributed by atoms with van der Waals surface area (Å²) >= 11 is 0. The summed E-state index contributed by atoms with van der Waals surface area (Å²) in [5.74, 6) is 0.209. The Morgan fingerprint density at radius 1 is 1.17 bits per heavy atom. The van der Waals surface area contributed by atoms with E-state index in [4.69, 9.17) is 9.84 Å². The standard InChI is InChI=1S/C18H20FNO3/c1-2-23-16-6-3-13(4-7-16)10-18(22)20-11-14-5-8-17(19)15(9-14)12-21/h3-9,21H,2,10-12H2,1H3,(H,20,22). The molecule has 2 aromatic carbocycles. The van der Waals surface area contributed by atoms with E-state index in [9.17, 15) is 9.18 Å². The van der Waals surface area contributed by atoms with Crippen molar-refractivity contribution in [3.05, 3.63) is 65.0 Å². The molecule has 2 N–H and O–H groups in total. The van der Waals surface area contributed by atoms with Crippen LogP contribution in [-0.2, 0) is 24.4 Å². The van der Waals surface area contributed by atoms with Gasteiger partial charge in [0.15, 0.2) is 0 Å². The number of aliphatic hydroxyl groups excluding tert-OH is 1. The number of ether oxygens (including phenoxy) is 1. The van der Waals surface area contributed by atoms with Crippen LogP contribution in [0, 0.1) is 5.82 Å². The van der Waals surface area contributed by atoms with Crippen molar-refractivity contribution in [3.63, 3.8) is 0 Å². The van der Waals surface area contributed by atoms with Gasteiger partial charge in [-0.1, -0.05) is 18.2 Å². The van der Waals surface area contributed by atoms with Gasteiger partial charge in [-0.2, -0.15) is 0 Å². The lowest BCUT2D eigenvalue weighted by Gasteiger charge is -2.08. The summed E-state index contributed by atoms with van der Waals surface area (Å²) in [7, 11) is 0. The highest BCUT2D eigenvalue weighted by atomic mass is 19.1. The Bertz CT molecular complexity index is 656. The van der Waals surface area contributed by atoms with E-state index in [0.717, 1.165) is 16.9 Å². The molecule has 2 rings (SSSR count). The number of amides is 1. The van der Waals surface area contributed by atoms with E-state index >= 15 is 0 Å². The third kappa shape index (κ3) is 5.07. The fourth-order valence-electron chi connectivity index (χ4n) is 2.18. The molecule has 0 unspecified atom stereocenters. The molecule has 0 aliphatic rings. The fourth-order valence-corrected chi connectivity index (χ4v) is 2.18. The Morgan fingerprint density at radius 2 is 1.87 bits per heavy atom. The minimum absolute atomic E-state index is 0.121. The topological polar surface area (TPSA) is 58.6 Å². The summed E-state index contributed by atoms with van der Waals surface area (Å²) in [6.07, 6.45) is 0.264. The normalized spacial score (nSPS) is 10.4. The first-order valence-corrected chi connectivity index (χ1v) is 7.49. The van der Waals surface area contributed by atoms with Crippen molar-refractivity contribution < 1.29 is 19.0 Å². The highest BCUT2D eigenvalue weighted by Gasteiger charge is 2.06. The summed E-state index contributed by atoms with van der Waals surface area (Å²) in [6, 6.07) is 11.8. The van der Waals surface area contributed by atoms with Crippen molar-refractivity contribution in [2.24, 2.45) is 0 Å². The number of halogens is 1. The molecule has 23 heavy (non-hydrogen) atoms. The molecule has 0 saturated heterocycles. The first-order valence-electron chi connectivity index (χ1n) is 7.49. The van der Waals surface area contributed by atoms with Gasteiger partial charge in [0.2, 0.25) is 5.91 Å². The molecule has 0 atom stereocenters. The molecule has 0 saturated carbocycles. The Kier molecular flexibility index (Phi) is 6.11. The molecule has 0 aliphatic heterocycles. The van der Waals surface area contributed by atoms with E-state index in [2.05, 4.69) is 5.32 Å². The molecular formula is C18H20FNO3. The van der Waals surface area contributed by atoms with Crippen molar-refractivity contribution in [1.29, 1.82) is 0 Å². The number of hydrogen-bond acceptors (Lipinski definition) is 3. The average molecular weight is 317 g/mol. The number of carbonyl (C=O) groups excluding carboxylic acids is 1. The lowest BCUT2D eigenvalue weighted by Crippen LogP contribution is -2.24. The minimum atomic E-state index is -0.447. The zero-order valence-electron chi connectivity index (χ0n) is 13.0. The smallest absolute Gasteiger partial charge is 0.224 e. The lowest BCUT2D eigenvalue weighted by atomic mass is 10.1. The first-order chi connectivity index (χ1) is 11.1. The zero-order valence-corrected chi connectivity index (χ0v) is 13.0. The van der Waals surface area contributed by atoms with Gasteiger partial charge in [-0.25, -0.2) is 4.39 Å². The second-order valence-electron chi connectivity index (χ2n) is 5.11. The summed E-state index contributed by atoms with van der Waals surface area (Å²) in [5, 5.41) is 11.8. The van der Waals surface area contributed by atoms with Crippen molar-refractivity contribution in [1.82, 2.24) is 5.32 Å². The van der Waals surface area contributed by atoms with Crippen LogP contribution >= 0.6 is 0 Å². The molecule has 122 valence electrons. The van der Waals surface area contributed by atoms with Gasteiger partial charge < -0.3 is 15.2 Å². The Hall–Kier alpha value is -2.40. The van der Waals surface area contributed by atoms with Crippen molar-refractivity contribution in [2.75, 3.05) is 6.61 Å². The molecule has 1 amide bonds. The van der Waals surface area contributed by atoms with Gasteiger partial charge in [-0.05, 0) is 42.3 Å². The average Bonchev–Trinajstić information content (AvgIpc) is 2.56. The van der Waals surface area contributed by atoms with Gasteiger partial charge in [-0.3, -0.25) is 4.79 Å². The molecule has 2 aromatic rings. The summed E-state index contributed by atoms with van der Waals surface area (Å²) in [6.45, 7) is 2.45.